The number of hydrogen-bond acceptors (Lipinski definition) is 5. The van der Waals surface area contributed by atoms with Gasteiger partial charge in [-0.1, -0.05) is 35.5 Å². The number of aliphatic imine (C=N–C) groups is 1. The Balaban J connectivity index is 1.95. The first-order chi connectivity index (χ1) is 10.7. The molecule has 0 saturated carbocycles. The number of hydrogen-bond donors (Lipinski definition) is 1. The fourth-order valence-electron chi connectivity index (χ4n) is 2.96. The zero-order valence-electron chi connectivity index (χ0n) is 11.7. The molecule has 0 spiro atoms. The Kier molecular flexibility index (Phi) is 3.36. The highest BCUT2D eigenvalue weighted by Gasteiger charge is 2.45. The van der Waals surface area contributed by atoms with Crippen molar-refractivity contribution in [3.05, 3.63) is 58.9 Å². The molecule has 1 fully saturated rings. The van der Waals surface area contributed by atoms with Crippen molar-refractivity contribution in [3.63, 3.8) is 0 Å². The lowest BCUT2D eigenvalue weighted by Gasteiger charge is -2.46. The Morgan fingerprint density at radius 3 is 2.86 bits per heavy atom. The molecule has 1 aromatic heterocycles. The van der Waals surface area contributed by atoms with E-state index in [1.54, 1.807) is 36.3 Å². The van der Waals surface area contributed by atoms with Gasteiger partial charge in [-0.05, 0) is 24.6 Å². The number of amidine groups is 1. The van der Waals surface area contributed by atoms with Crippen molar-refractivity contribution >= 4 is 34.2 Å². The van der Waals surface area contributed by atoms with E-state index in [9.17, 15) is 5.11 Å². The van der Waals surface area contributed by atoms with E-state index in [0.717, 1.165) is 40.7 Å². The average molecular weight is 332 g/mol. The van der Waals surface area contributed by atoms with Gasteiger partial charge in [0.05, 0.1) is 11.9 Å². The summed E-state index contributed by atoms with van der Waals surface area (Å²) >= 11 is 7.67. The van der Waals surface area contributed by atoms with Crippen LogP contribution in [0.15, 0.2) is 47.7 Å². The van der Waals surface area contributed by atoms with Gasteiger partial charge in [0.15, 0.2) is 10.9 Å². The molecule has 4 nitrogen and oxygen atoms in total. The molecule has 0 radical (unpaired) electrons. The SMILES string of the molecule is OC1(c2ccc(Cl)cc2)c2ccncc2N=C2SCCCN21. The van der Waals surface area contributed by atoms with Crippen LogP contribution < -0.4 is 0 Å². The molecule has 0 bridgehead atoms. The lowest BCUT2D eigenvalue weighted by Crippen LogP contribution is -2.53. The van der Waals surface area contributed by atoms with Gasteiger partial charge < -0.3 is 10.0 Å². The van der Waals surface area contributed by atoms with Crippen molar-refractivity contribution in [1.29, 1.82) is 0 Å². The number of halogens is 1. The van der Waals surface area contributed by atoms with Crippen LogP contribution in [0, 0.1) is 0 Å². The summed E-state index contributed by atoms with van der Waals surface area (Å²) in [6.45, 7) is 0.771. The van der Waals surface area contributed by atoms with Crippen LogP contribution in [0.4, 0.5) is 5.69 Å². The molecule has 2 aromatic rings. The lowest BCUT2D eigenvalue weighted by molar-refractivity contribution is -0.0383. The molecule has 0 amide bonds. The molecule has 22 heavy (non-hydrogen) atoms. The zero-order valence-corrected chi connectivity index (χ0v) is 13.3. The number of fused-ring (bicyclic) bond motifs is 2. The van der Waals surface area contributed by atoms with Crippen molar-refractivity contribution in [1.82, 2.24) is 9.88 Å². The Morgan fingerprint density at radius 1 is 1.23 bits per heavy atom. The van der Waals surface area contributed by atoms with Crippen LogP contribution >= 0.6 is 23.4 Å². The van der Waals surface area contributed by atoms with E-state index in [4.69, 9.17) is 11.6 Å². The van der Waals surface area contributed by atoms with Gasteiger partial charge >= 0.3 is 0 Å². The van der Waals surface area contributed by atoms with Crippen molar-refractivity contribution in [3.8, 4) is 0 Å². The molecule has 2 aliphatic rings. The molecule has 4 rings (SSSR count). The highest BCUT2D eigenvalue weighted by Crippen LogP contribution is 2.45. The van der Waals surface area contributed by atoms with Crippen LogP contribution in [0.3, 0.4) is 0 Å². The van der Waals surface area contributed by atoms with Crippen LogP contribution in [0.25, 0.3) is 0 Å². The largest absolute Gasteiger partial charge is 0.363 e. The second-order valence-corrected chi connectivity index (χ2v) is 6.82. The van der Waals surface area contributed by atoms with Gasteiger partial charge in [0.1, 0.15) is 0 Å². The second kappa shape index (κ2) is 5.26. The smallest absolute Gasteiger partial charge is 0.195 e. The predicted octanol–water partition coefficient (Wildman–Crippen LogP) is 3.37. The number of benzene rings is 1. The summed E-state index contributed by atoms with van der Waals surface area (Å²) in [4.78, 5) is 10.8. The first kappa shape index (κ1) is 14.1. The maximum absolute atomic E-state index is 11.6. The van der Waals surface area contributed by atoms with Crippen LogP contribution in [0.2, 0.25) is 5.02 Å². The highest BCUT2D eigenvalue weighted by molar-refractivity contribution is 8.13. The third-order valence-corrected chi connectivity index (χ3v) is 5.33. The van der Waals surface area contributed by atoms with Gasteiger partial charge in [0.2, 0.25) is 0 Å². The normalized spacial score (nSPS) is 23.5. The summed E-state index contributed by atoms with van der Waals surface area (Å²) in [6.07, 6.45) is 4.41. The predicted molar refractivity (Wildman–Crippen MR) is 89.6 cm³/mol. The number of pyridine rings is 1. The zero-order chi connectivity index (χ0) is 15.2. The van der Waals surface area contributed by atoms with Crippen LogP contribution in [0.5, 0.6) is 0 Å². The first-order valence-corrected chi connectivity index (χ1v) is 8.48. The first-order valence-electron chi connectivity index (χ1n) is 7.11. The molecular formula is C16H14ClN3OS. The standard InChI is InChI=1S/C16H14ClN3OS/c17-12-4-2-11(3-5-12)16(21)13-6-7-18-10-14(13)19-15-20(16)8-1-9-22-15/h2-7,10,21H,1,8-9H2. The molecule has 3 heterocycles. The van der Waals surface area contributed by atoms with Crippen molar-refractivity contribution in [2.45, 2.75) is 12.1 Å². The Bertz CT molecular complexity index is 749. The number of thioether (sulfide) groups is 1. The summed E-state index contributed by atoms with van der Waals surface area (Å²) in [5.41, 5.74) is 1.05. The molecule has 2 aliphatic heterocycles. The van der Waals surface area contributed by atoms with E-state index >= 15 is 0 Å². The Labute approximate surface area is 137 Å². The van der Waals surface area contributed by atoms with Crippen LogP contribution in [-0.2, 0) is 5.72 Å². The summed E-state index contributed by atoms with van der Waals surface area (Å²) in [5, 5.41) is 13.1. The second-order valence-electron chi connectivity index (χ2n) is 5.32. The molecule has 1 unspecified atom stereocenters. The molecule has 112 valence electrons. The molecule has 1 N–H and O–H groups in total. The monoisotopic (exact) mass is 331 g/mol. The summed E-state index contributed by atoms with van der Waals surface area (Å²) in [6, 6.07) is 9.18. The van der Waals surface area contributed by atoms with Gasteiger partial charge in [0.25, 0.3) is 0 Å². The minimum atomic E-state index is -1.23. The summed E-state index contributed by atoms with van der Waals surface area (Å²) < 4.78 is 0. The fraction of sp³-hybridized carbons (Fsp3) is 0.250. The van der Waals surface area contributed by atoms with Gasteiger partial charge in [-0.15, -0.1) is 0 Å². The minimum Gasteiger partial charge on any atom is -0.363 e. The van der Waals surface area contributed by atoms with E-state index in [-0.39, 0.29) is 0 Å². The van der Waals surface area contributed by atoms with E-state index < -0.39 is 5.72 Å². The topological polar surface area (TPSA) is 48.7 Å². The number of rotatable bonds is 1. The Morgan fingerprint density at radius 2 is 2.05 bits per heavy atom. The van der Waals surface area contributed by atoms with Gasteiger partial charge in [0, 0.05) is 34.6 Å². The van der Waals surface area contributed by atoms with Crippen molar-refractivity contribution in [2.24, 2.45) is 4.99 Å². The number of aromatic nitrogens is 1. The number of nitrogens with zero attached hydrogens (tertiary/aromatic N) is 3. The lowest BCUT2D eigenvalue weighted by atomic mass is 9.91. The van der Waals surface area contributed by atoms with Crippen molar-refractivity contribution < 1.29 is 5.11 Å². The average Bonchev–Trinajstić information content (AvgIpc) is 2.56. The summed E-state index contributed by atoms with van der Waals surface area (Å²) in [5.74, 6) is 1.02. The quantitative estimate of drug-likeness (QED) is 0.870. The van der Waals surface area contributed by atoms with Crippen LogP contribution in [0.1, 0.15) is 17.5 Å². The number of aliphatic hydroxyl groups is 1. The fourth-order valence-corrected chi connectivity index (χ4v) is 4.09. The van der Waals surface area contributed by atoms with Crippen molar-refractivity contribution in [2.75, 3.05) is 12.3 Å². The maximum Gasteiger partial charge on any atom is 0.195 e. The van der Waals surface area contributed by atoms with Gasteiger partial charge in [-0.3, -0.25) is 4.98 Å². The molecule has 1 saturated heterocycles. The van der Waals surface area contributed by atoms with Gasteiger partial charge in [-0.25, -0.2) is 4.99 Å². The summed E-state index contributed by atoms with van der Waals surface area (Å²) in [7, 11) is 0. The van der Waals surface area contributed by atoms with E-state index in [1.807, 2.05) is 23.1 Å². The van der Waals surface area contributed by atoms with E-state index in [0.29, 0.717) is 5.02 Å². The van der Waals surface area contributed by atoms with Crippen LogP contribution in [-0.4, -0.2) is 32.5 Å². The van der Waals surface area contributed by atoms with E-state index in [1.165, 1.54) is 0 Å². The van der Waals surface area contributed by atoms with E-state index in [2.05, 4.69) is 9.98 Å². The van der Waals surface area contributed by atoms with Gasteiger partial charge in [-0.2, -0.15) is 0 Å². The molecule has 1 atom stereocenters. The molecular weight excluding hydrogens is 318 g/mol. The highest BCUT2D eigenvalue weighted by atomic mass is 35.5. The minimum absolute atomic E-state index is 0.653. The maximum atomic E-state index is 11.6. The molecule has 0 aliphatic carbocycles. The third kappa shape index (κ3) is 2.04. The molecule has 1 aromatic carbocycles. The Hall–Kier alpha value is -1.56. The third-order valence-electron chi connectivity index (χ3n) is 4.02. The molecule has 6 heteroatoms.